The molecule has 0 aliphatic carbocycles. The Morgan fingerprint density at radius 3 is 3.23 bits per heavy atom. The maximum Gasteiger partial charge on any atom is 0.316 e. The van der Waals surface area contributed by atoms with Gasteiger partial charge in [0.25, 0.3) is 5.91 Å². The summed E-state index contributed by atoms with van der Waals surface area (Å²) in [4.78, 5) is 19.2. The van der Waals surface area contributed by atoms with Gasteiger partial charge in [-0.3, -0.25) is 4.79 Å². The molecule has 0 saturated heterocycles. The highest BCUT2D eigenvalue weighted by atomic mass is 16.5. The minimum Gasteiger partial charge on any atom is -0.467 e. The summed E-state index contributed by atoms with van der Waals surface area (Å²) in [5.74, 6) is -0.107. The number of methoxy groups -OCH3 is 1. The van der Waals surface area contributed by atoms with Crippen LogP contribution in [-0.4, -0.2) is 29.5 Å². The Bertz CT molecular complexity index is 351. The number of nitrogens with zero attached hydrogens (tertiary/aromatic N) is 2. The third-order valence-corrected chi connectivity index (χ3v) is 1.92. The van der Waals surface area contributed by atoms with E-state index < -0.39 is 0 Å². The van der Waals surface area contributed by atoms with Gasteiger partial charge in [0.2, 0.25) is 0 Å². The predicted molar refractivity (Wildman–Crippen MR) is 44.6 cm³/mol. The lowest BCUT2D eigenvalue weighted by Crippen LogP contribution is -2.32. The molecule has 0 atom stereocenters. The van der Waals surface area contributed by atoms with Crippen molar-refractivity contribution in [3.05, 3.63) is 17.5 Å². The molecule has 1 aromatic heterocycles. The van der Waals surface area contributed by atoms with Gasteiger partial charge in [-0.1, -0.05) is 0 Å². The molecular formula is C8H9N3O2. The summed E-state index contributed by atoms with van der Waals surface area (Å²) in [7, 11) is 1.50. The van der Waals surface area contributed by atoms with E-state index in [2.05, 4.69) is 15.3 Å². The van der Waals surface area contributed by atoms with Gasteiger partial charge in [0.05, 0.1) is 18.4 Å². The fourth-order valence-corrected chi connectivity index (χ4v) is 1.27. The Hall–Kier alpha value is -1.65. The molecule has 5 nitrogen and oxygen atoms in total. The lowest BCUT2D eigenvalue weighted by Gasteiger charge is -2.14. The average molecular weight is 179 g/mol. The lowest BCUT2D eigenvalue weighted by atomic mass is 10.1. The number of fused-ring (bicyclic) bond motifs is 1. The molecule has 13 heavy (non-hydrogen) atoms. The molecule has 5 heteroatoms. The molecule has 0 spiro atoms. The molecule has 0 radical (unpaired) electrons. The van der Waals surface area contributed by atoms with Gasteiger partial charge < -0.3 is 10.1 Å². The standard InChI is InChI=1S/C8H9N3O2/c1-13-8-10-4-5-6(11-8)2-3-9-7(5)12/h4H,2-3H2,1H3,(H,9,12). The number of rotatable bonds is 1. The molecule has 1 aromatic rings. The first-order chi connectivity index (χ1) is 6.31. The largest absolute Gasteiger partial charge is 0.467 e. The SMILES string of the molecule is COc1ncc2c(n1)CCNC2=O. The molecule has 2 rings (SSSR count). The van der Waals surface area contributed by atoms with Crippen LogP contribution in [0.3, 0.4) is 0 Å². The molecule has 0 fully saturated rings. The van der Waals surface area contributed by atoms with Crippen molar-refractivity contribution in [2.45, 2.75) is 6.42 Å². The van der Waals surface area contributed by atoms with Crippen LogP contribution in [0, 0.1) is 0 Å². The van der Waals surface area contributed by atoms with Gasteiger partial charge in [0.15, 0.2) is 0 Å². The van der Waals surface area contributed by atoms with Crippen molar-refractivity contribution in [1.82, 2.24) is 15.3 Å². The zero-order valence-corrected chi connectivity index (χ0v) is 7.20. The van der Waals surface area contributed by atoms with Crippen LogP contribution in [0.2, 0.25) is 0 Å². The van der Waals surface area contributed by atoms with Crippen LogP contribution in [0.15, 0.2) is 6.20 Å². The summed E-state index contributed by atoms with van der Waals surface area (Å²) in [5.41, 5.74) is 1.31. The highest BCUT2D eigenvalue weighted by Gasteiger charge is 2.18. The Morgan fingerprint density at radius 2 is 2.46 bits per heavy atom. The maximum absolute atomic E-state index is 11.3. The molecule has 0 aromatic carbocycles. The molecule has 0 bridgehead atoms. The fourth-order valence-electron chi connectivity index (χ4n) is 1.27. The van der Waals surface area contributed by atoms with E-state index in [9.17, 15) is 4.79 Å². The third-order valence-electron chi connectivity index (χ3n) is 1.92. The topological polar surface area (TPSA) is 64.1 Å². The van der Waals surface area contributed by atoms with Crippen LogP contribution < -0.4 is 10.1 Å². The summed E-state index contributed by atoms with van der Waals surface area (Å²) in [6.07, 6.45) is 2.23. The van der Waals surface area contributed by atoms with E-state index >= 15 is 0 Å². The zero-order chi connectivity index (χ0) is 9.26. The Morgan fingerprint density at radius 1 is 1.62 bits per heavy atom. The molecule has 1 aliphatic heterocycles. The van der Waals surface area contributed by atoms with Crippen LogP contribution in [0.1, 0.15) is 16.1 Å². The van der Waals surface area contributed by atoms with Crippen molar-refractivity contribution in [1.29, 1.82) is 0 Å². The number of hydrogen-bond acceptors (Lipinski definition) is 4. The molecule has 0 saturated carbocycles. The van der Waals surface area contributed by atoms with E-state index in [1.165, 1.54) is 13.3 Å². The van der Waals surface area contributed by atoms with Crippen LogP contribution in [0.4, 0.5) is 0 Å². The first-order valence-electron chi connectivity index (χ1n) is 3.99. The van der Waals surface area contributed by atoms with Gasteiger partial charge in [-0.15, -0.1) is 0 Å². The predicted octanol–water partition coefficient (Wildman–Crippen LogP) is -0.229. The van der Waals surface area contributed by atoms with E-state index in [-0.39, 0.29) is 5.91 Å². The monoisotopic (exact) mass is 179 g/mol. The summed E-state index contributed by atoms with van der Waals surface area (Å²) in [6.45, 7) is 0.631. The van der Waals surface area contributed by atoms with Gasteiger partial charge >= 0.3 is 6.01 Å². The normalized spacial score (nSPS) is 14.7. The summed E-state index contributed by atoms with van der Waals surface area (Å²) in [6, 6.07) is 0.313. The van der Waals surface area contributed by atoms with Crippen LogP contribution in [0.25, 0.3) is 0 Å². The highest BCUT2D eigenvalue weighted by Crippen LogP contribution is 2.12. The molecule has 2 heterocycles. The number of carbonyl (C=O) groups excluding carboxylic acids is 1. The van der Waals surface area contributed by atoms with E-state index in [4.69, 9.17) is 4.74 Å². The number of hydrogen-bond donors (Lipinski definition) is 1. The quantitative estimate of drug-likeness (QED) is 0.646. The van der Waals surface area contributed by atoms with E-state index in [0.29, 0.717) is 18.1 Å². The van der Waals surface area contributed by atoms with Gasteiger partial charge in [-0.25, -0.2) is 4.98 Å². The first-order valence-corrected chi connectivity index (χ1v) is 3.99. The third kappa shape index (κ3) is 1.32. The van der Waals surface area contributed by atoms with Crippen molar-refractivity contribution in [3.8, 4) is 6.01 Å². The van der Waals surface area contributed by atoms with Crippen LogP contribution in [-0.2, 0) is 6.42 Å². The van der Waals surface area contributed by atoms with Crippen molar-refractivity contribution in [3.63, 3.8) is 0 Å². The molecule has 1 N–H and O–H groups in total. The highest BCUT2D eigenvalue weighted by molar-refractivity contribution is 5.95. The Kier molecular flexibility index (Phi) is 1.84. The van der Waals surface area contributed by atoms with Crippen molar-refractivity contribution in [2.75, 3.05) is 13.7 Å². The molecule has 1 amide bonds. The Balaban J connectivity index is 2.45. The van der Waals surface area contributed by atoms with Crippen LogP contribution in [0.5, 0.6) is 6.01 Å². The van der Waals surface area contributed by atoms with E-state index in [1.807, 2.05) is 0 Å². The maximum atomic E-state index is 11.3. The van der Waals surface area contributed by atoms with Crippen molar-refractivity contribution < 1.29 is 9.53 Å². The average Bonchev–Trinajstić information content (AvgIpc) is 2.18. The van der Waals surface area contributed by atoms with E-state index in [0.717, 1.165) is 12.1 Å². The second kappa shape index (κ2) is 3.01. The second-order valence-corrected chi connectivity index (χ2v) is 2.72. The van der Waals surface area contributed by atoms with Crippen LogP contribution >= 0.6 is 0 Å². The van der Waals surface area contributed by atoms with Gasteiger partial charge in [-0.05, 0) is 0 Å². The number of carbonyl (C=O) groups is 1. The van der Waals surface area contributed by atoms with Crippen molar-refractivity contribution >= 4 is 5.91 Å². The van der Waals surface area contributed by atoms with Crippen molar-refractivity contribution in [2.24, 2.45) is 0 Å². The summed E-state index contributed by atoms with van der Waals surface area (Å²) < 4.78 is 4.86. The number of amides is 1. The molecule has 68 valence electrons. The zero-order valence-electron chi connectivity index (χ0n) is 7.20. The fraction of sp³-hybridized carbons (Fsp3) is 0.375. The first kappa shape index (κ1) is 7.97. The lowest BCUT2D eigenvalue weighted by molar-refractivity contribution is 0.0944. The van der Waals surface area contributed by atoms with Gasteiger partial charge in [-0.2, -0.15) is 4.98 Å². The smallest absolute Gasteiger partial charge is 0.316 e. The number of aromatic nitrogens is 2. The number of nitrogens with one attached hydrogen (secondary N) is 1. The molecule has 0 unspecified atom stereocenters. The second-order valence-electron chi connectivity index (χ2n) is 2.72. The number of ether oxygens (including phenoxy) is 1. The minimum absolute atomic E-state index is 0.107. The molecular weight excluding hydrogens is 170 g/mol. The van der Waals surface area contributed by atoms with E-state index in [1.54, 1.807) is 0 Å². The van der Waals surface area contributed by atoms with Gasteiger partial charge in [0, 0.05) is 19.2 Å². The minimum atomic E-state index is -0.107. The Labute approximate surface area is 75.1 Å². The summed E-state index contributed by atoms with van der Waals surface area (Å²) in [5, 5.41) is 2.72. The summed E-state index contributed by atoms with van der Waals surface area (Å²) >= 11 is 0. The van der Waals surface area contributed by atoms with Gasteiger partial charge in [0.1, 0.15) is 0 Å². The molecule has 1 aliphatic rings.